The summed E-state index contributed by atoms with van der Waals surface area (Å²) in [7, 11) is 1.72. The Hall–Kier alpha value is -2.73. The zero-order chi connectivity index (χ0) is 19.8. The highest BCUT2D eigenvalue weighted by molar-refractivity contribution is 5.88. The molecule has 2 aromatic carbocycles. The van der Waals surface area contributed by atoms with Crippen LogP contribution in [-0.2, 0) is 4.79 Å². The average Bonchev–Trinajstić information content (AvgIpc) is 2.71. The van der Waals surface area contributed by atoms with Gasteiger partial charge < -0.3 is 19.7 Å². The quantitative estimate of drug-likeness (QED) is 0.709. The van der Waals surface area contributed by atoms with Crippen molar-refractivity contribution in [2.24, 2.45) is 0 Å². The van der Waals surface area contributed by atoms with E-state index < -0.39 is 0 Å². The van der Waals surface area contributed by atoms with Gasteiger partial charge in [0.25, 0.3) is 0 Å². The molecule has 0 aliphatic carbocycles. The number of hydrogen-bond donors (Lipinski definition) is 1. The Morgan fingerprint density at radius 2 is 1.86 bits per heavy atom. The molecule has 1 N–H and O–H groups in total. The fourth-order valence-corrected chi connectivity index (χ4v) is 3.45. The summed E-state index contributed by atoms with van der Waals surface area (Å²) in [6.07, 6.45) is 0.971. The third-order valence-electron chi connectivity index (χ3n) is 4.84. The van der Waals surface area contributed by atoms with Gasteiger partial charge in [0, 0.05) is 51.4 Å². The van der Waals surface area contributed by atoms with E-state index in [-0.39, 0.29) is 5.91 Å². The van der Waals surface area contributed by atoms with Crippen LogP contribution in [0.4, 0.5) is 11.4 Å². The van der Waals surface area contributed by atoms with Crippen molar-refractivity contribution in [3.05, 3.63) is 48.5 Å². The van der Waals surface area contributed by atoms with Crippen molar-refractivity contribution in [2.75, 3.05) is 56.7 Å². The number of benzene rings is 2. The van der Waals surface area contributed by atoms with Gasteiger partial charge in [-0.15, -0.1) is 0 Å². The lowest BCUT2D eigenvalue weighted by Gasteiger charge is -2.36. The number of carbonyl (C=O) groups excluding carboxylic acids is 1. The van der Waals surface area contributed by atoms with Crippen LogP contribution in [0.25, 0.3) is 0 Å². The lowest BCUT2D eigenvalue weighted by atomic mass is 10.2. The molecule has 6 nitrogen and oxygen atoms in total. The highest BCUT2D eigenvalue weighted by Crippen LogP contribution is 2.28. The predicted octanol–water partition coefficient (Wildman–Crippen LogP) is 3.24. The van der Waals surface area contributed by atoms with Crippen LogP contribution in [0.5, 0.6) is 11.5 Å². The van der Waals surface area contributed by atoms with Crippen molar-refractivity contribution in [1.82, 2.24) is 4.90 Å². The summed E-state index contributed by atoms with van der Waals surface area (Å²) in [5.74, 6) is 1.64. The summed E-state index contributed by atoms with van der Waals surface area (Å²) in [4.78, 5) is 16.0. The maximum Gasteiger partial charge on any atom is 0.221 e. The molecule has 6 heteroatoms. The van der Waals surface area contributed by atoms with Gasteiger partial charge in [-0.3, -0.25) is 9.69 Å². The molecule has 0 radical (unpaired) electrons. The Morgan fingerprint density at radius 3 is 2.61 bits per heavy atom. The number of piperazine rings is 1. The zero-order valence-corrected chi connectivity index (χ0v) is 16.7. The highest BCUT2D eigenvalue weighted by Gasteiger charge is 2.19. The molecule has 2 aromatic rings. The molecular formula is C22H29N3O3. The van der Waals surface area contributed by atoms with E-state index in [1.54, 1.807) is 7.11 Å². The fraction of sp³-hybridized carbons (Fsp3) is 0.409. The number of methoxy groups -OCH3 is 1. The van der Waals surface area contributed by atoms with Crippen molar-refractivity contribution in [1.29, 1.82) is 0 Å². The van der Waals surface area contributed by atoms with Crippen LogP contribution >= 0.6 is 0 Å². The van der Waals surface area contributed by atoms with Crippen LogP contribution < -0.4 is 19.7 Å². The molecule has 1 heterocycles. The van der Waals surface area contributed by atoms with Gasteiger partial charge in [-0.1, -0.05) is 18.2 Å². The van der Waals surface area contributed by atoms with Crippen LogP contribution in [0, 0.1) is 0 Å². The summed E-state index contributed by atoms with van der Waals surface area (Å²) >= 11 is 0. The minimum absolute atomic E-state index is 0.0792. The first-order valence-corrected chi connectivity index (χ1v) is 9.76. The van der Waals surface area contributed by atoms with E-state index in [0.29, 0.717) is 6.61 Å². The highest BCUT2D eigenvalue weighted by atomic mass is 16.5. The Bertz CT molecular complexity index is 773. The topological polar surface area (TPSA) is 54.0 Å². The second-order valence-corrected chi connectivity index (χ2v) is 6.91. The molecule has 0 spiro atoms. The maximum absolute atomic E-state index is 11.1. The van der Waals surface area contributed by atoms with Gasteiger partial charge in [-0.05, 0) is 30.7 Å². The van der Waals surface area contributed by atoms with Gasteiger partial charge in [0.2, 0.25) is 5.91 Å². The van der Waals surface area contributed by atoms with E-state index in [1.165, 1.54) is 12.6 Å². The van der Waals surface area contributed by atoms with E-state index >= 15 is 0 Å². The summed E-state index contributed by atoms with van der Waals surface area (Å²) in [5.41, 5.74) is 1.93. The number of amides is 1. The Kier molecular flexibility index (Phi) is 7.14. The number of para-hydroxylation sites is 2. The number of anilines is 2. The first-order chi connectivity index (χ1) is 13.7. The summed E-state index contributed by atoms with van der Waals surface area (Å²) in [6, 6.07) is 15.7. The molecule has 1 fully saturated rings. The normalized spacial score (nSPS) is 14.6. The number of nitrogens with zero attached hydrogens (tertiary/aromatic N) is 2. The molecule has 0 atom stereocenters. The number of ether oxygens (including phenoxy) is 2. The van der Waals surface area contributed by atoms with Gasteiger partial charge in [-0.2, -0.15) is 0 Å². The molecular weight excluding hydrogens is 354 g/mol. The second kappa shape index (κ2) is 9.99. The molecule has 0 unspecified atom stereocenters. The van der Waals surface area contributed by atoms with Crippen molar-refractivity contribution in [3.8, 4) is 11.5 Å². The Morgan fingerprint density at radius 1 is 1.07 bits per heavy atom. The molecule has 0 aromatic heterocycles. The average molecular weight is 383 g/mol. The van der Waals surface area contributed by atoms with Crippen molar-refractivity contribution < 1.29 is 14.3 Å². The third-order valence-corrected chi connectivity index (χ3v) is 4.84. The molecule has 28 heavy (non-hydrogen) atoms. The van der Waals surface area contributed by atoms with Crippen molar-refractivity contribution >= 4 is 17.3 Å². The van der Waals surface area contributed by atoms with Crippen LogP contribution in [0.2, 0.25) is 0 Å². The maximum atomic E-state index is 11.1. The van der Waals surface area contributed by atoms with Gasteiger partial charge >= 0.3 is 0 Å². The third kappa shape index (κ3) is 5.63. The van der Waals surface area contributed by atoms with Crippen molar-refractivity contribution in [2.45, 2.75) is 13.3 Å². The lowest BCUT2D eigenvalue weighted by Crippen LogP contribution is -2.46. The van der Waals surface area contributed by atoms with Crippen LogP contribution in [-0.4, -0.2) is 57.2 Å². The molecule has 3 rings (SSSR count). The van der Waals surface area contributed by atoms with E-state index in [1.807, 2.05) is 36.4 Å². The van der Waals surface area contributed by atoms with E-state index in [2.05, 4.69) is 27.2 Å². The van der Waals surface area contributed by atoms with Gasteiger partial charge in [0.1, 0.15) is 11.5 Å². The first kappa shape index (κ1) is 20.0. The monoisotopic (exact) mass is 383 g/mol. The zero-order valence-electron chi connectivity index (χ0n) is 16.7. The van der Waals surface area contributed by atoms with Gasteiger partial charge in [-0.25, -0.2) is 0 Å². The van der Waals surface area contributed by atoms with Gasteiger partial charge in [0.05, 0.1) is 19.4 Å². The SMILES string of the molecule is COc1ccccc1N1CCN(CCCOc2cccc(NC(C)=O)c2)CC1. The minimum Gasteiger partial charge on any atom is -0.495 e. The second-order valence-electron chi connectivity index (χ2n) is 6.91. The summed E-state index contributed by atoms with van der Waals surface area (Å²) in [5, 5.41) is 2.77. The molecule has 1 aliphatic heterocycles. The van der Waals surface area contributed by atoms with E-state index in [9.17, 15) is 4.79 Å². The van der Waals surface area contributed by atoms with Crippen LogP contribution in [0.15, 0.2) is 48.5 Å². The molecule has 150 valence electrons. The molecule has 1 saturated heterocycles. The number of carbonyl (C=O) groups is 1. The van der Waals surface area contributed by atoms with Crippen LogP contribution in [0.3, 0.4) is 0 Å². The fourth-order valence-electron chi connectivity index (χ4n) is 3.45. The number of nitrogens with one attached hydrogen (secondary N) is 1. The Labute approximate surface area is 167 Å². The molecule has 1 aliphatic rings. The minimum atomic E-state index is -0.0792. The van der Waals surface area contributed by atoms with Gasteiger partial charge in [0.15, 0.2) is 0 Å². The van der Waals surface area contributed by atoms with E-state index in [0.717, 1.165) is 56.3 Å². The molecule has 1 amide bonds. The predicted molar refractivity (Wildman–Crippen MR) is 113 cm³/mol. The number of rotatable bonds is 8. The summed E-state index contributed by atoms with van der Waals surface area (Å²) < 4.78 is 11.3. The lowest BCUT2D eigenvalue weighted by molar-refractivity contribution is -0.114. The Balaban J connectivity index is 1.38. The largest absolute Gasteiger partial charge is 0.495 e. The van der Waals surface area contributed by atoms with E-state index in [4.69, 9.17) is 9.47 Å². The molecule has 0 saturated carbocycles. The molecule has 0 bridgehead atoms. The standard InChI is InChI=1S/C22H29N3O3/c1-18(26)23-19-7-5-8-20(17-19)28-16-6-11-24-12-14-25(15-13-24)21-9-3-4-10-22(21)27-2/h3-5,7-10,17H,6,11-16H2,1-2H3,(H,23,26). The smallest absolute Gasteiger partial charge is 0.221 e. The summed E-state index contributed by atoms with van der Waals surface area (Å²) in [6.45, 7) is 7.26. The van der Waals surface area contributed by atoms with Crippen LogP contribution in [0.1, 0.15) is 13.3 Å². The first-order valence-electron chi connectivity index (χ1n) is 9.76. The number of hydrogen-bond acceptors (Lipinski definition) is 5. The van der Waals surface area contributed by atoms with Crippen molar-refractivity contribution in [3.63, 3.8) is 0 Å².